The van der Waals surface area contributed by atoms with Crippen LogP contribution in [-0.4, -0.2) is 33.9 Å². The number of alkyl carbamates (subject to hydrolysis) is 1. The van der Waals surface area contributed by atoms with E-state index in [1.54, 1.807) is 18.3 Å². The quantitative estimate of drug-likeness (QED) is 0.800. The Morgan fingerprint density at radius 2 is 1.86 bits per heavy atom. The number of aromatic nitrogens is 1. The number of carbonyl (C=O) groups is 1. The average molecular weight is 384 g/mol. The number of aromatic hydroxyl groups is 1. The highest BCUT2D eigenvalue weighted by molar-refractivity contribution is 5.68. The molecule has 1 aliphatic carbocycles. The Hall–Kier alpha value is -2.76. The van der Waals surface area contributed by atoms with Gasteiger partial charge < -0.3 is 19.9 Å². The van der Waals surface area contributed by atoms with Gasteiger partial charge in [0.1, 0.15) is 23.2 Å². The molecule has 0 saturated heterocycles. The minimum Gasteiger partial charge on any atom is -0.508 e. The zero-order chi connectivity index (χ0) is 20.3. The molecular formula is C22H28N2O4. The number of phenols is 1. The minimum absolute atomic E-state index is 0.0714. The molecule has 3 rings (SSSR count). The van der Waals surface area contributed by atoms with E-state index in [-0.39, 0.29) is 29.9 Å². The van der Waals surface area contributed by atoms with Gasteiger partial charge in [-0.05, 0) is 50.6 Å². The predicted octanol–water partition coefficient (Wildman–Crippen LogP) is 4.37. The Kier molecular flexibility index (Phi) is 5.77. The van der Waals surface area contributed by atoms with E-state index < -0.39 is 5.60 Å². The van der Waals surface area contributed by atoms with E-state index in [0.29, 0.717) is 0 Å². The first-order valence-electron chi connectivity index (χ1n) is 9.60. The molecule has 1 amide bonds. The predicted molar refractivity (Wildman–Crippen MR) is 107 cm³/mol. The first-order chi connectivity index (χ1) is 13.2. The van der Waals surface area contributed by atoms with Gasteiger partial charge in [-0.2, -0.15) is 0 Å². The summed E-state index contributed by atoms with van der Waals surface area (Å²) in [5.41, 5.74) is 1.54. The number of hydrogen-bond acceptors (Lipinski definition) is 5. The number of benzene rings is 1. The monoisotopic (exact) mass is 384 g/mol. The zero-order valence-corrected chi connectivity index (χ0v) is 16.8. The summed E-state index contributed by atoms with van der Waals surface area (Å²) >= 11 is 0. The number of nitrogens with zero attached hydrogens (tertiary/aromatic N) is 1. The van der Waals surface area contributed by atoms with Gasteiger partial charge in [0.2, 0.25) is 0 Å². The lowest BCUT2D eigenvalue weighted by atomic mass is 9.89. The second-order valence-corrected chi connectivity index (χ2v) is 8.29. The first kappa shape index (κ1) is 20.0. The van der Waals surface area contributed by atoms with Crippen molar-refractivity contribution in [3.05, 3.63) is 53.9 Å². The molecule has 6 nitrogen and oxygen atoms in total. The molecule has 6 heteroatoms. The van der Waals surface area contributed by atoms with Crippen LogP contribution in [0.2, 0.25) is 0 Å². The van der Waals surface area contributed by atoms with E-state index >= 15 is 0 Å². The summed E-state index contributed by atoms with van der Waals surface area (Å²) in [6.07, 6.45) is 2.93. The van der Waals surface area contributed by atoms with Gasteiger partial charge in [0.25, 0.3) is 0 Å². The number of amides is 1. The Balaban J connectivity index is 1.47. The Bertz CT molecular complexity index is 791. The van der Waals surface area contributed by atoms with Crippen LogP contribution in [0.15, 0.2) is 42.6 Å². The topological polar surface area (TPSA) is 80.7 Å². The fraction of sp³-hybridized carbons (Fsp3) is 0.455. The molecule has 1 fully saturated rings. The highest BCUT2D eigenvalue weighted by Gasteiger charge is 2.33. The summed E-state index contributed by atoms with van der Waals surface area (Å²) in [4.78, 5) is 16.3. The van der Waals surface area contributed by atoms with Crippen molar-refractivity contribution in [3.63, 3.8) is 0 Å². The lowest BCUT2D eigenvalue weighted by Gasteiger charge is -2.36. The lowest BCUT2D eigenvalue weighted by molar-refractivity contribution is 0.0362. The van der Waals surface area contributed by atoms with Crippen molar-refractivity contribution in [1.29, 1.82) is 0 Å². The van der Waals surface area contributed by atoms with Crippen LogP contribution in [0.5, 0.6) is 11.5 Å². The van der Waals surface area contributed by atoms with Crippen molar-refractivity contribution in [2.24, 2.45) is 0 Å². The standard InChI is InChI=1S/C22H28N2O4/c1-14(15-5-7-17(25)8-6-15)20-10-9-18(13-23-20)27-19-11-16(12-19)24-21(26)28-22(2,3)4/h5-10,13-14,16,19,25H,11-12H2,1-4H3,(H,24,26). The third kappa shape index (κ3) is 5.38. The zero-order valence-electron chi connectivity index (χ0n) is 16.8. The molecular weight excluding hydrogens is 356 g/mol. The van der Waals surface area contributed by atoms with Crippen molar-refractivity contribution in [1.82, 2.24) is 10.3 Å². The van der Waals surface area contributed by atoms with Crippen LogP contribution < -0.4 is 10.1 Å². The van der Waals surface area contributed by atoms with E-state index in [9.17, 15) is 9.90 Å². The van der Waals surface area contributed by atoms with E-state index in [0.717, 1.165) is 29.8 Å². The summed E-state index contributed by atoms with van der Waals surface area (Å²) in [6, 6.07) is 11.1. The van der Waals surface area contributed by atoms with Gasteiger partial charge in [-0.3, -0.25) is 4.98 Å². The average Bonchev–Trinajstić information content (AvgIpc) is 2.59. The molecule has 1 aliphatic rings. The van der Waals surface area contributed by atoms with Crippen LogP contribution in [0.3, 0.4) is 0 Å². The molecule has 0 radical (unpaired) electrons. The fourth-order valence-electron chi connectivity index (χ4n) is 3.10. The third-order valence-electron chi connectivity index (χ3n) is 4.71. The molecule has 1 heterocycles. The second-order valence-electron chi connectivity index (χ2n) is 8.29. The molecule has 1 aromatic heterocycles. The number of ether oxygens (including phenoxy) is 2. The van der Waals surface area contributed by atoms with Crippen LogP contribution >= 0.6 is 0 Å². The van der Waals surface area contributed by atoms with E-state index in [4.69, 9.17) is 9.47 Å². The first-order valence-corrected chi connectivity index (χ1v) is 9.60. The molecule has 1 saturated carbocycles. The number of phenolic OH excluding ortho intramolecular Hbond substituents is 1. The minimum atomic E-state index is -0.492. The Morgan fingerprint density at radius 3 is 2.43 bits per heavy atom. The maximum Gasteiger partial charge on any atom is 0.407 e. The van der Waals surface area contributed by atoms with Gasteiger partial charge in [-0.25, -0.2) is 4.79 Å². The molecule has 0 aliphatic heterocycles. The van der Waals surface area contributed by atoms with Crippen LogP contribution in [0.1, 0.15) is 57.7 Å². The van der Waals surface area contributed by atoms with E-state index in [1.807, 2.05) is 45.0 Å². The van der Waals surface area contributed by atoms with Crippen molar-refractivity contribution in [2.45, 2.75) is 64.2 Å². The van der Waals surface area contributed by atoms with Crippen molar-refractivity contribution >= 4 is 6.09 Å². The number of pyridine rings is 1. The number of carbonyl (C=O) groups excluding carboxylic acids is 1. The molecule has 1 atom stereocenters. The Morgan fingerprint density at radius 1 is 1.18 bits per heavy atom. The maximum absolute atomic E-state index is 11.8. The molecule has 2 aromatic rings. The summed E-state index contributed by atoms with van der Waals surface area (Å²) in [5, 5.41) is 12.3. The van der Waals surface area contributed by atoms with Crippen molar-refractivity contribution < 1.29 is 19.4 Å². The van der Waals surface area contributed by atoms with Gasteiger partial charge in [0, 0.05) is 30.5 Å². The fourth-order valence-corrected chi connectivity index (χ4v) is 3.10. The van der Waals surface area contributed by atoms with Crippen LogP contribution in [0.4, 0.5) is 4.79 Å². The van der Waals surface area contributed by atoms with Gasteiger partial charge in [0.05, 0.1) is 6.20 Å². The second kappa shape index (κ2) is 8.09. The molecule has 0 spiro atoms. The van der Waals surface area contributed by atoms with Gasteiger partial charge in [-0.1, -0.05) is 19.1 Å². The number of rotatable bonds is 5. The van der Waals surface area contributed by atoms with Crippen LogP contribution in [0.25, 0.3) is 0 Å². The molecule has 1 unspecified atom stereocenters. The van der Waals surface area contributed by atoms with Gasteiger partial charge >= 0.3 is 6.09 Å². The highest BCUT2D eigenvalue weighted by Crippen LogP contribution is 2.28. The summed E-state index contributed by atoms with van der Waals surface area (Å²) in [7, 11) is 0. The molecule has 150 valence electrons. The number of nitrogens with one attached hydrogen (secondary N) is 1. The summed E-state index contributed by atoms with van der Waals surface area (Å²) in [5.74, 6) is 1.11. The summed E-state index contributed by atoms with van der Waals surface area (Å²) < 4.78 is 11.2. The third-order valence-corrected chi connectivity index (χ3v) is 4.71. The van der Waals surface area contributed by atoms with E-state index in [2.05, 4.69) is 17.2 Å². The molecule has 28 heavy (non-hydrogen) atoms. The number of hydrogen-bond donors (Lipinski definition) is 2. The van der Waals surface area contributed by atoms with Crippen molar-refractivity contribution in [3.8, 4) is 11.5 Å². The largest absolute Gasteiger partial charge is 0.508 e. The smallest absolute Gasteiger partial charge is 0.407 e. The summed E-state index contributed by atoms with van der Waals surface area (Å²) in [6.45, 7) is 7.61. The normalized spacial score (nSPS) is 20.0. The Labute approximate surface area is 165 Å². The van der Waals surface area contributed by atoms with Crippen molar-refractivity contribution in [2.75, 3.05) is 0 Å². The van der Waals surface area contributed by atoms with E-state index in [1.165, 1.54) is 0 Å². The lowest BCUT2D eigenvalue weighted by Crippen LogP contribution is -2.50. The molecule has 0 bridgehead atoms. The SMILES string of the molecule is CC(c1ccc(O)cc1)c1ccc(OC2CC(NC(=O)OC(C)(C)C)C2)cn1. The molecule has 2 N–H and O–H groups in total. The van der Waals surface area contributed by atoms with Gasteiger partial charge in [0.15, 0.2) is 0 Å². The van der Waals surface area contributed by atoms with Gasteiger partial charge in [-0.15, -0.1) is 0 Å². The highest BCUT2D eigenvalue weighted by atomic mass is 16.6. The maximum atomic E-state index is 11.8. The molecule has 1 aromatic carbocycles. The van der Waals surface area contributed by atoms with Crippen LogP contribution in [0, 0.1) is 0 Å². The van der Waals surface area contributed by atoms with Crippen LogP contribution in [-0.2, 0) is 4.74 Å².